The number of benzene rings is 1. The molecule has 2 aliphatic heterocycles. The number of hydrogen-bond donors (Lipinski definition) is 1. The van der Waals surface area contributed by atoms with Crippen molar-refractivity contribution in [1.82, 2.24) is 9.80 Å². The number of unbranched alkanes of at least 4 members (excludes halogenated alkanes) is 2. The van der Waals surface area contributed by atoms with E-state index in [1.54, 1.807) is 0 Å². The third-order valence-electron chi connectivity index (χ3n) is 8.12. The normalized spacial score (nSPS) is 21.9. The van der Waals surface area contributed by atoms with Crippen LogP contribution in [0.5, 0.6) is 5.75 Å². The number of ether oxygens (including phenoxy) is 1. The first kappa shape index (κ1) is 28.5. The molecule has 202 valence electrons. The molecule has 3 atom stereocenters. The molecule has 1 amide bonds. The van der Waals surface area contributed by atoms with Crippen molar-refractivity contribution in [3.63, 3.8) is 0 Å². The van der Waals surface area contributed by atoms with Gasteiger partial charge in [0.1, 0.15) is 5.75 Å². The van der Waals surface area contributed by atoms with Gasteiger partial charge in [-0.25, -0.2) is 0 Å². The smallest absolute Gasteiger partial charge is 0.308 e. The third kappa shape index (κ3) is 7.02. The van der Waals surface area contributed by atoms with Gasteiger partial charge in [0.25, 0.3) is 0 Å². The minimum absolute atomic E-state index is 0.0131. The van der Waals surface area contributed by atoms with Crippen molar-refractivity contribution in [2.45, 2.75) is 97.9 Å². The first-order valence-corrected chi connectivity index (χ1v) is 14.2. The average Bonchev–Trinajstić information content (AvgIpc) is 3.43. The molecule has 1 aromatic rings. The van der Waals surface area contributed by atoms with Crippen LogP contribution in [0.2, 0.25) is 0 Å². The molecule has 6 nitrogen and oxygen atoms in total. The predicted octanol–water partition coefficient (Wildman–Crippen LogP) is 5.74. The summed E-state index contributed by atoms with van der Waals surface area (Å²) < 4.78 is 5.69. The van der Waals surface area contributed by atoms with Gasteiger partial charge < -0.3 is 14.7 Å². The Morgan fingerprint density at radius 3 is 2.42 bits per heavy atom. The molecule has 36 heavy (non-hydrogen) atoms. The van der Waals surface area contributed by atoms with Gasteiger partial charge in [0.05, 0.1) is 19.1 Å². The number of hydrogen-bond acceptors (Lipinski definition) is 4. The lowest BCUT2D eigenvalue weighted by Crippen LogP contribution is -2.46. The zero-order valence-electron chi connectivity index (χ0n) is 23.2. The Morgan fingerprint density at radius 1 is 1.11 bits per heavy atom. The summed E-state index contributed by atoms with van der Waals surface area (Å²) in [6.45, 7) is 14.1. The lowest BCUT2D eigenvalue weighted by Gasteiger charge is -2.35. The third-order valence-corrected chi connectivity index (χ3v) is 8.12. The standard InChI is InChI=1S/C30H48N2O4/c1-6-9-15-31(16-10-7-2)27(33)21-32-20-24(22-11-12-26-23(18-22)13-17-36-26)28(29(34)35)25(32)19-30(4,5)14-8-3/h11-12,18,24-25,28H,6-10,13-17,19-21H2,1-5H3,(H,34,35)/t24?,25-,28+/m1/s1. The summed E-state index contributed by atoms with van der Waals surface area (Å²) in [5, 5.41) is 10.5. The highest BCUT2D eigenvalue weighted by atomic mass is 16.5. The van der Waals surface area contributed by atoms with E-state index >= 15 is 0 Å². The largest absolute Gasteiger partial charge is 0.493 e. The number of aliphatic carboxylic acids is 1. The molecule has 2 aliphatic rings. The summed E-state index contributed by atoms with van der Waals surface area (Å²) in [6, 6.07) is 6.02. The average molecular weight is 501 g/mol. The van der Waals surface area contributed by atoms with E-state index in [0.29, 0.717) is 19.7 Å². The number of rotatable bonds is 14. The highest BCUT2D eigenvalue weighted by Gasteiger charge is 2.48. The van der Waals surface area contributed by atoms with Gasteiger partial charge in [-0.2, -0.15) is 0 Å². The number of carbonyl (C=O) groups excluding carboxylic acids is 1. The van der Waals surface area contributed by atoms with Crippen LogP contribution in [0.25, 0.3) is 0 Å². The number of nitrogens with zero attached hydrogens (tertiary/aromatic N) is 2. The summed E-state index contributed by atoms with van der Waals surface area (Å²) in [6.07, 6.45) is 7.85. The number of fused-ring (bicyclic) bond motifs is 1. The molecule has 1 unspecified atom stereocenters. The molecule has 6 heteroatoms. The maximum atomic E-state index is 13.5. The maximum Gasteiger partial charge on any atom is 0.308 e. The van der Waals surface area contributed by atoms with Gasteiger partial charge in [-0.15, -0.1) is 0 Å². The molecule has 3 rings (SSSR count). The molecule has 2 heterocycles. The molecule has 0 radical (unpaired) electrons. The van der Waals surface area contributed by atoms with Crippen molar-refractivity contribution >= 4 is 11.9 Å². The van der Waals surface area contributed by atoms with Crippen LogP contribution in [0, 0.1) is 11.3 Å². The van der Waals surface area contributed by atoms with Crippen LogP contribution in [-0.4, -0.2) is 65.6 Å². The molecule has 0 bridgehead atoms. The summed E-state index contributed by atoms with van der Waals surface area (Å²) in [5.41, 5.74) is 2.24. The molecule has 0 aromatic heterocycles. The van der Waals surface area contributed by atoms with Crippen LogP contribution < -0.4 is 4.74 Å². The van der Waals surface area contributed by atoms with E-state index in [1.807, 2.05) is 17.0 Å². The van der Waals surface area contributed by atoms with Crippen molar-refractivity contribution in [2.75, 3.05) is 32.8 Å². The van der Waals surface area contributed by atoms with E-state index in [0.717, 1.165) is 75.8 Å². The maximum absolute atomic E-state index is 13.5. The van der Waals surface area contributed by atoms with Gasteiger partial charge in [0.2, 0.25) is 5.91 Å². The molecule has 0 aliphatic carbocycles. The minimum atomic E-state index is -0.752. The molecular weight excluding hydrogens is 452 g/mol. The Balaban J connectivity index is 1.90. The fourth-order valence-electron chi connectivity index (χ4n) is 6.20. The molecule has 1 aromatic carbocycles. The van der Waals surface area contributed by atoms with Gasteiger partial charge >= 0.3 is 5.97 Å². The van der Waals surface area contributed by atoms with Crippen molar-refractivity contribution in [1.29, 1.82) is 0 Å². The van der Waals surface area contributed by atoms with Gasteiger partial charge in [-0.1, -0.05) is 66.0 Å². The Hall–Kier alpha value is -2.08. The zero-order valence-corrected chi connectivity index (χ0v) is 23.2. The van der Waals surface area contributed by atoms with Gasteiger partial charge in [-0.05, 0) is 48.3 Å². The lowest BCUT2D eigenvalue weighted by molar-refractivity contribution is -0.144. The fraction of sp³-hybridized carbons (Fsp3) is 0.733. The summed E-state index contributed by atoms with van der Waals surface area (Å²) >= 11 is 0. The monoisotopic (exact) mass is 500 g/mol. The van der Waals surface area contributed by atoms with Crippen LogP contribution in [0.3, 0.4) is 0 Å². The predicted molar refractivity (Wildman–Crippen MR) is 145 cm³/mol. The van der Waals surface area contributed by atoms with E-state index in [1.165, 1.54) is 5.56 Å². The van der Waals surface area contributed by atoms with Crippen LogP contribution >= 0.6 is 0 Å². The fourth-order valence-corrected chi connectivity index (χ4v) is 6.20. The minimum Gasteiger partial charge on any atom is -0.493 e. The second-order valence-electron chi connectivity index (χ2n) is 11.6. The van der Waals surface area contributed by atoms with Crippen molar-refractivity contribution in [3.05, 3.63) is 29.3 Å². The number of carbonyl (C=O) groups is 2. The van der Waals surface area contributed by atoms with Crippen molar-refractivity contribution < 1.29 is 19.4 Å². The first-order valence-electron chi connectivity index (χ1n) is 14.2. The quantitative estimate of drug-likeness (QED) is 0.353. The van der Waals surface area contributed by atoms with E-state index < -0.39 is 11.9 Å². The summed E-state index contributed by atoms with van der Waals surface area (Å²) in [4.78, 5) is 30.5. The number of carboxylic acid groups (broad SMARTS) is 1. The molecule has 0 saturated carbocycles. The Kier molecular flexibility index (Phi) is 10.2. The SMILES string of the molecule is CCCCN(CCCC)C(=O)CN1CC(c2ccc3c(c2)CCO3)[C@H](C(=O)O)[C@H]1CC(C)(C)CCC. The van der Waals surface area contributed by atoms with Crippen LogP contribution in [0.1, 0.15) is 96.6 Å². The highest BCUT2D eigenvalue weighted by molar-refractivity contribution is 5.79. The summed E-state index contributed by atoms with van der Waals surface area (Å²) in [7, 11) is 0. The Bertz CT molecular complexity index is 876. The highest BCUT2D eigenvalue weighted by Crippen LogP contribution is 2.44. The molecule has 1 N–H and O–H groups in total. The van der Waals surface area contributed by atoms with Gasteiger partial charge in [0.15, 0.2) is 0 Å². The lowest BCUT2D eigenvalue weighted by atomic mass is 9.76. The Morgan fingerprint density at radius 2 is 1.81 bits per heavy atom. The van der Waals surface area contributed by atoms with Crippen LogP contribution in [0.15, 0.2) is 18.2 Å². The van der Waals surface area contributed by atoms with Crippen LogP contribution in [-0.2, 0) is 16.0 Å². The van der Waals surface area contributed by atoms with E-state index in [4.69, 9.17) is 4.74 Å². The van der Waals surface area contributed by atoms with E-state index in [-0.39, 0.29) is 23.3 Å². The van der Waals surface area contributed by atoms with E-state index in [2.05, 4.69) is 45.6 Å². The number of likely N-dealkylation sites (tertiary alicyclic amines) is 1. The molecule has 0 spiro atoms. The second kappa shape index (κ2) is 12.9. The van der Waals surface area contributed by atoms with Crippen molar-refractivity contribution in [3.8, 4) is 5.75 Å². The van der Waals surface area contributed by atoms with E-state index in [9.17, 15) is 14.7 Å². The second-order valence-corrected chi connectivity index (χ2v) is 11.6. The topological polar surface area (TPSA) is 70.1 Å². The summed E-state index contributed by atoms with van der Waals surface area (Å²) in [5.74, 6) is -0.365. The number of carboxylic acids is 1. The Labute approximate surface area is 218 Å². The molecule has 1 saturated heterocycles. The van der Waals surface area contributed by atoms with Crippen molar-refractivity contribution in [2.24, 2.45) is 11.3 Å². The van der Waals surface area contributed by atoms with Gasteiger partial charge in [0, 0.05) is 38.0 Å². The number of amides is 1. The van der Waals surface area contributed by atoms with Gasteiger partial charge in [-0.3, -0.25) is 14.5 Å². The van der Waals surface area contributed by atoms with Crippen LogP contribution in [0.4, 0.5) is 0 Å². The molecule has 1 fully saturated rings. The zero-order chi connectivity index (χ0) is 26.3. The molecular formula is C30H48N2O4. The first-order chi connectivity index (χ1) is 17.2.